The lowest BCUT2D eigenvalue weighted by Gasteiger charge is -2.42. The second-order valence-electron chi connectivity index (χ2n) is 10.9. The fourth-order valence-electron chi connectivity index (χ4n) is 4.62. The summed E-state index contributed by atoms with van der Waals surface area (Å²) in [5.41, 5.74) is 0.115. The van der Waals surface area contributed by atoms with Gasteiger partial charge in [0.2, 0.25) is 5.91 Å². The summed E-state index contributed by atoms with van der Waals surface area (Å²) < 4.78 is 3.06. The summed E-state index contributed by atoms with van der Waals surface area (Å²) in [5.74, 6) is 0.0736. The maximum atomic E-state index is 13.6. The smallest absolute Gasteiger partial charge is 0.253 e. The zero-order valence-electron chi connectivity index (χ0n) is 19.9. The Morgan fingerprint density at radius 3 is 2.43 bits per heavy atom. The van der Waals surface area contributed by atoms with E-state index >= 15 is 0 Å². The SMILES string of the molecule is CCCCc1cn(C(C)(C)C)s/c1=N\C(=O)[C@@]1(C)CC[C@@H](C(=O)N2CCC2)C1(C)C. The summed E-state index contributed by atoms with van der Waals surface area (Å²) in [6, 6.07) is 0. The molecule has 6 heteroatoms. The highest BCUT2D eigenvalue weighted by atomic mass is 32.1. The first-order chi connectivity index (χ1) is 13.9. The third kappa shape index (κ3) is 4.04. The molecule has 0 spiro atoms. The normalized spacial score (nSPS) is 26.7. The van der Waals surface area contributed by atoms with Crippen LogP contribution in [0, 0.1) is 16.7 Å². The van der Waals surface area contributed by atoms with Gasteiger partial charge in [0.1, 0.15) is 4.67 Å². The maximum Gasteiger partial charge on any atom is 0.253 e. The van der Waals surface area contributed by atoms with Gasteiger partial charge in [0.25, 0.3) is 5.91 Å². The van der Waals surface area contributed by atoms with Crippen LogP contribution in [-0.2, 0) is 21.5 Å². The van der Waals surface area contributed by atoms with Gasteiger partial charge in [-0.1, -0.05) is 34.1 Å². The molecule has 0 radical (unpaired) electrons. The lowest BCUT2D eigenvalue weighted by molar-refractivity contribution is -0.145. The molecule has 1 saturated carbocycles. The minimum Gasteiger partial charge on any atom is -0.342 e. The zero-order chi connectivity index (χ0) is 22.3. The molecule has 1 aromatic rings. The molecule has 0 bridgehead atoms. The average molecular weight is 434 g/mol. The third-order valence-electron chi connectivity index (χ3n) is 7.56. The molecule has 2 fully saturated rings. The molecule has 5 nitrogen and oxygen atoms in total. The number of aryl methyl sites for hydroxylation is 1. The highest BCUT2D eigenvalue weighted by molar-refractivity contribution is 7.04. The molecule has 0 aromatic carbocycles. The summed E-state index contributed by atoms with van der Waals surface area (Å²) in [4.78, 5) is 33.2. The van der Waals surface area contributed by atoms with Crippen LogP contribution in [0.3, 0.4) is 0 Å². The van der Waals surface area contributed by atoms with Gasteiger partial charge in [-0.05, 0) is 69.8 Å². The molecule has 0 N–H and O–H groups in total. The van der Waals surface area contributed by atoms with Crippen LogP contribution in [0.15, 0.2) is 11.2 Å². The summed E-state index contributed by atoms with van der Waals surface area (Å²) in [6.45, 7) is 16.6. The number of rotatable bonds is 5. The van der Waals surface area contributed by atoms with Gasteiger partial charge in [0.15, 0.2) is 0 Å². The molecule has 2 heterocycles. The molecule has 0 unspecified atom stereocenters. The maximum absolute atomic E-state index is 13.6. The Morgan fingerprint density at radius 1 is 1.23 bits per heavy atom. The summed E-state index contributed by atoms with van der Waals surface area (Å²) in [7, 11) is 0. The van der Waals surface area contributed by atoms with Crippen LogP contribution in [0.5, 0.6) is 0 Å². The molecule has 2 aliphatic rings. The van der Waals surface area contributed by atoms with E-state index in [1.165, 1.54) is 0 Å². The van der Waals surface area contributed by atoms with Crippen molar-refractivity contribution in [1.82, 2.24) is 8.86 Å². The van der Waals surface area contributed by atoms with Gasteiger partial charge in [-0.15, -0.1) is 0 Å². The number of hydrogen-bond acceptors (Lipinski definition) is 3. The van der Waals surface area contributed by atoms with Crippen LogP contribution < -0.4 is 4.67 Å². The predicted molar refractivity (Wildman–Crippen MR) is 122 cm³/mol. The highest BCUT2D eigenvalue weighted by Crippen LogP contribution is 2.57. The molecule has 3 rings (SSSR count). The number of carbonyl (C=O) groups is 2. The standard InChI is InChI=1S/C24H39N3O2S/c1-8-9-11-17-16-27(22(2,3)4)30-19(17)25-21(29)24(7)13-12-18(23(24,5)6)20(28)26-14-10-15-26/h16,18H,8-15H2,1-7H3/b25-19-/t18-,24+/m0/s1. The largest absolute Gasteiger partial charge is 0.342 e. The van der Waals surface area contributed by atoms with Crippen molar-refractivity contribution in [2.75, 3.05) is 13.1 Å². The average Bonchev–Trinajstić information content (AvgIpc) is 3.10. The molecule has 1 aromatic heterocycles. The molecule has 30 heavy (non-hydrogen) atoms. The van der Waals surface area contributed by atoms with E-state index in [-0.39, 0.29) is 23.3 Å². The monoisotopic (exact) mass is 433 g/mol. The molecule has 2 atom stereocenters. The predicted octanol–water partition coefficient (Wildman–Crippen LogP) is 4.75. The fourth-order valence-corrected chi connectivity index (χ4v) is 5.66. The Morgan fingerprint density at radius 2 is 1.90 bits per heavy atom. The van der Waals surface area contributed by atoms with E-state index in [0.29, 0.717) is 0 Å². The van der Waals surface area contributed by atoms with Crippen molar-refractivity contribution in [3.63, 3.8) is 0 Å². The number of carbonyl (C=O) groups excluding carboxylic acids is 2. The van der Waals surface area contributed by atoms with Crippen LogP contribution in [0.1, 0.15) is 86.1 Å². The second kappa shape index (κ2) is 8.25. The van der Waals surface area contributed by atoms with E-state index in [1.807, 2.05) is 11.8 Å². The zero-order valence-corrected chi connectivity index (χ0v) is 20.7. The van der Waals surface area contributed by atoms with Crippen LogP contribution in [0.4, 0.5) is 0 Å². The first-order valence-corrected chi connectivity index (χ1v) is 12.3. The Labute approximate surface area is 185 Å². The summed E-state index contributed by atoms with van der Waals surface area (Å²) in [6.07, 6.45) is 7.91. The van der Waals surface area contributed by atoms with Gasteiger partial charge >= 0.3 is 0 Å². The Bertz CT molecular complexity index is 870. The van der Waals surface area contributed by atoms with Gasteiger partial charge in [0, 0.05) is 36.3 Å². The van der Waals surface area contributed by atoms with E-state index in [9.17, 15) is 9.59 Å². The Kier molecular flexibility index (Phi) is 6.39. The van der Waals surface area contributed by atoms with E-state index in [2.05, 4.69) is 51.7 Å². The van der Waals surface area contributed by atoms with E-state index in [4.69, 9.17) is 4.99 Å². The molecule has 1 aliphatic heterocycles. The van der Waals surface area contributed by atoms with Crippen LogP contribution >= 0.6 is 11.5 Å². The van der Waals surface area contributed by atoms with Crippen molar-refractivity contribution >= 4 is 23.3 Å². The summed E-state index contributed by atoms with van der Waals surface area (Å²) in [5, 5.41) is 0. The van der Waals surface area contributed by atoms with Gasteiger partial charge < -0.3 is 4.90 Å². The van der Waals surface area contributed by atoms with E-state index < -0.39 is 10.8 Å². The van der Waals surface area contributed by atoms with Crippen molar-refractivity contribution in [2.24, 2.45) is 21.7 Å². The van der Waals surface area contributed by atoms with Crippen LogP contribution in [-0.4, -0.2) is 33.8 Å². The second-order valence-corrected chi connectivity index (χ2v) is 11.9. The lowest BCUT2D eigenvalue weighted by atomic mass is 9.65. The van der Waals surface area contributed by atoms with Crippen molar-refractivity contribution in [2.45, 2.75) is 92.5 Å². The van der Waals surface area contributed by atoms with Gasteiger partial charge in [-0.3, -0.25) is 13.5 Å². The Balaban J connectivity index is 1.93. The molecular weight excluding hydrogens is 394 g/mol. The number of nitrogens with zero attached hydrogens (tertiary/aromatic N) is 3. The number of amides is 2. The van der Waals surface area contributed by atoms with Gasteiger partial charge in [-0.2, -0.15) is 0 Å². The first kappa shape index (κ1) is 23.2. The van der Waals surface area contributed by atoms with E-state index in [0.717, 1.165) is 61.8 Å². The lowest BCUT2D eigenvalue weighted by Crippen LogP contribution is -2.50. The number of likely N-dealkylation sites (tertiary alicyclic amines) is 1. The molecule has 2 amide bonds. The summed E-state index contributed by atoms with van der Waals surface area (Å²) >= 11 is 1.58. The van der Waals surface area contributed by atoms with Crippen molar-refractivity contribution in [1.29, 1.82) is 0 Å². The molecule has 168 valence electrons. The fraction of sp³-hybridized carbons (Fsp3) is 0.792. The number of hydrogen-bond donors (Lipinski definition) is 0. The van der Waals surface area contributed by atoms with Gasteiger partial charge in [-0.25, -0.2) is 4.99 Å². The molecule has 1 saturated heterocycles. The minimum atomic E-state index is -0.614. The highest BCUT2D eigenvalue weighted by Gasteiger charge is 2.58. The molecular formula is C24H39N3O2S. The third-order valence-corrected chi connectivity index (χ3v) is 8.94. The number of aromatic nitrogens is 1. The quantitative estimate of drug-likeness (QED) is 0.673. The van der Waals surface area contributed by atoms with Crippen LogP contribution in [0.25, 0.3) is 0 Å². The number of unbranched alkanes of at least 4 members (excludes halogenated alkanes) is 1. The van der Waals surface area contributed by atoms with Crippen LogP contribution in [0.2, 0.25) is 0 Å². The minimum absolute atomic E-state index is 0.0340. The van der Waals surface area contributed by atoms with Crippen molar-refractivity contribution in [3.8, 4) is 0 Å². The van der Waals surface area contributed by atoms with E-state index in [1.54, 1.807) is 11.5 Å². The Hall–Kier alpha value is -1.43. The topological polar surface area (TPSA) is 54.7 Å². The molecule has 1 aliphatic carbocycles. The van der Waals surface area contributed by atoms with Crippen molar-refractivity contribution < 1.29 is 9.59 Å². The first-order valence-electron chi connectivity index (χ1n) is 11.5. The van der Waals surface area contributed by atoms with Crippen molar-refractivity contribution in [3.05, 3.63) is 16.4 Å². The van der Waals surface area contributed by atoms with Gasteiger partial charge in [0.05, 0.1) is 5.41 Å².